The molecule has 17 heavy (non-hydrogen) atoms. The molecule has 0 bridgehead atoms. The van der Waals surface area contributed by atoms with Gasteiger partial charge in [-0.05, 0) is 24.1 Å². The van der Waals surface area contributed by atoms with Crippen LogP contribution in [0.25, 0.3) is 0 Å². The predicted molar refractivity (Wildman–Crippen MR) is 58.5 cm³/mol. The van der Waals surface area contributed by atoms with E-state index in [1.165, 1.54) is 6.07 Å². The van der Waals surface area contributed by atoms with Crippen LogP contribution in [0.3, 0.4) is 0 Å². The zero-order chi connectivity index (χ0) is 11.8. The van der Waals surface area contributed by atoms with Crippen LogP contribution >= 0.6 is 0 Å². The lowest BCUT2D eigenvalue weighted by Gasteiger charge is -2.14. The largest absolute Gasteiger partial charge is 0.352 e. The van der Waals surface area contributed by atoms with E-state index in [-0.39, 0.29) is 22.8 Å². The molecule has 3 rings (SSSR count). The van der Waals surface area contributed by atoms with Gasteiger partial charge in [0.25, 0.3) is 5.69 Å². The van der Waals surface area contributed by atoms with Crippen molar-refractivity contribution >= 4 is 5.69 Å². The fourth-order valence-electron chi connectivity index (χ4n) is 2.59. The Balaban J connectivity index is 1.88. The molecular formula is C12H12NO4. The molecule has 1 aromatic carbocycles. The van der Waals surface area contributed by atoms with Crippen molar-refractivity contribution in [1.29, 1.82) is 0 Å². The molecule has 2 aliphatic heterocycles. The van der Waals surface area contributed by atoms with E-state index in [1.807, 2.05) is 0 Å². The maximum Gasteiger partial charge on any atom is 0.269 e. The molecular weight excluding hydrogens is 222 g/mol. The highest BCUT2D eigenvalue weighted by molar-refractivity contribution is 5.36. The molecule has 0 unspecified atom stereocenters. The summed E-state index contributed by atoms with van der Waals surface area (Å²) >= 11 is 0. The minimum absolute atomic E-state index is 0.112. The van der Waals surface area contributed by atoms with Crippen LogP contribution in [-0.2, 0) is 9.47 Å². The number of nitro benzene ring substituents is 1. The van der Waals surface area contributed by atoms with Crippen LogP contribution in [0, 0.1) is 22.1 Å². The maximum absolute atomic E-state index is 10.7. The zero-order valence-electron chi connectivity index (χ0n) is 9.17. The Bertz CT molecular complexity index is 448. The molecule has 89 valence electrons. The molecule has 0 amide bonds. The Hall–Kier alpha value is -1.46. The Morgan fingerprint density at radius 1 is 1.47 bits per heavy atom. The second-order valence-corrected chi connectivity index (χ2v) is 4.39. The molecule has 1 aromatic rings. The molecule has 0 aromatic heterocycles. The van der Waals surface area contributed by atoms with Gasteiger partial charge in [0.2, 0.25) is 0 Å². The maximum atomic E-state index is 10.7. The number of fused-ring (bicyclic) bond motifs is 1. The van der Waals surface area contributed by atoms with E-state index >= 15 is 0 Å². The number of nitro groups is 1. The molecule has 5 nitrogen and oxygen atoms in total. The van der Waals surface area contributed by atoms with Crippen LogP contribution in [0.1, 0.15) is 17.9 Å². The second-order valence-electron chi connectivity index (χ2n) is 4.39. The first kappa shape index (κ1) is 10.7. The quantitative estimate of drug-likeness (QED) is 0.579. The topological polar surface area (TPSA) is 61.6 Å². The third kappa shape index (κ3) is 1.81. The summed E-state index contributed by atoms with van der Waals surface area (Å²) in [4.78, 5) is 10.4. The Morgan fingerprint density at radius 2 is 2.35 bits per heavy atom. The lowest BCUT2D eigenvalue weighted by atomic mass is 9.87. The van der Waals surface area contributed by atoms with Crippen LogP contribution in [0.15, 0.2) is 18.2 Å². The Kier molecular flexibility index (Phi) is 2.57. The summed E-state index contributed by atoms with van der Waals surface area (Å²) in [6, 6.07) is 7.74. The first-order valence-corrected chi connectivity index (χ1v) is 5.65. The summed E-state index contributed by atoms with van der Waals surface area (Å²) in [7, 11) is 0. The molecule has 2 saturated heterocycles. The van der Waals surface area contributed by atoms with E-state index < -0.39 is 0 Å². The smallest absolute Gasteiger partial charge is 0.269 e. The highest BCUT2D eigenvalue weighted by Crippen LogP contribution is 2.41. The minimum Gasteiger partial charge on any atom is -0.352 e. The van der Waals surface area contributed by atoms with E-state index in [9.17, 15) is 10.1 Å². The van der Waals surface area contributed by atoms with Crippen LogP contribution in [0.2, 0.25) is 0 Å². The summed E-state index contributed by atoms with van der Waals surface area (Å²) < 4.78 is 11.0. The molecule has 0 aliphatic carbocycles. The monoisotopic (exact) mass is 234 g/mol. The van der Waals surface area contributed by atoms with Crippen molar-refractivity contribution in [2.45, 2.75) is 18.6 Å². The zero-order valence-corrected chi connectivity index (χ0v) is 9.17. The van der Waals surface area contributed by atoms with Gasteiger partial charge in [-0.1, -0.05) is 0 Å². The number of hydrogen-bond donors (Lipinski definition) is 0. The first-order chi connectivity index (χ1) is 8.25. The highest BCUT2D eigenvalue weighted by Gasteiger charge is 2.42. The molecule has 3 atom stereocenters. The van der Waals surface area contributed by atoms with Crippen molar-refractivity contribution < 1.29 is 14.4 Å². The van der Waals surface area contributed by atoms with E-state index in [0.29, 0.717) is 19.1 Å². The van der Waals surface area contributed by atoms with Gasteiger partial charge in [0.05, 0.1) is 18.1 Å². The lowest BCUT2D eigenvalue weighted by Crippen LogP contribution is -2.13. The van der Waals surface area contributed by atoms with Gasteiger partial charge in [0.15, 0.2) is 6.29 Å². The number of nitrogens with zero attached hydrogens (tertiary/aromatic N) is 1. The standard InChI is InChI=1S/C12H12NO4/c14-13(15)9-3-1-2-8(6-9)11-7-17-12-10(11)4-5-16-12/h1,3,6,10-12H,4-5,7H2/t10-,11-,12+/m0/s1. The molecule has 1 radical (unpaired) electrons. The third-order valence-corrected chi connectivity index (χ3v) is 3.46. The number of non-ortho nitro benzene ring substituents is 1. The molecule has 2 aliphatic rings. The predicted octanol–water partition coefficient (Wildman–Crippen LogP) is 1.87. The fraction of sp³-hybridized carbons (Fsp3) is 0.500. The normalized spacial score (nSPS) is 31.4. The molecule has 0 saturated carbocycles. The number of hydrogen-bond acceptors (Lipinski definition) is 4. The SMILES string of the molecule is O=[N+]([O-])c1cc[c]c([C@@H]2CO[C@H]3OCC[C@H]32)c1. The van der Waals surface area contributed by atoms with Gasteiger partial charge in [-0.2, -0.15) is 0 Å². The molecule has 5 heteroatoms. The average molecular weight is 234 g/mol. The van der Waals surface area contributed by atoms with E-state index in [1.54, 1.807) is 12.1 Å². The number of ether oxygens (including phenoxy) is 2. The van der Waals surface area contributed by atoms with Crippen LogP contribution < -0.4 is 0 Å². The molecule has 0 spiro atoms. The summed E-state index contributed by atoms with van der Waals surface area (Å²) in [6.07, 6.45) is 0.818. The summed E-state index contributed by atoms with van der Waals surface area (Å²) in [6.45, 7) is 1.27. The van der Waals surface area contributed by atoms with Gasteiger partial charge in [-0.25, -0.2) is 0 Å². The van der Waals surface area contributed by atoms with E-state index in [2.05, 4.69) is 6.07 Å². The van der Waals surface area contributed by atoms with Gasteiger partial charge in [0, 0.05) is 24.0 Å². The van der Waals surface area contributed by atoms with Gasteiger partial charge in [0.1, 0.15) is 0 Å². The minimum atomic E-state index is -0.379. The van der Waals surface area contributed by atoms with Gasteiger partial charge >= 0.3 is 0 Å². The van der Waals surface area contributed by atoms with E-state index in [4.69, 9.17) is 9.47 Å². The van der Waals surface area contributed by atoms with Crippen LogP contribution in [0.5, 0.6) is 0 Å². The molecule has 2 fully saturated rings. The van der Waals surface area contributed by atoms with Crippen molar-refractivity contribution in [3.8, 4) is 0 Å². The summed E-state index contributed by atoms with van der Waals surface area (Å²) in [5, 5.41) is 10.7. The second kappa shape index (κ2) is 4.09. The Morgan fingerprint density at radius 3 is 3.18 bits per heavy atom. The lowest BCUT2D eigenvalue weighted by molar-refractivity contribution is -0.384. The highest BCUT2D eigenvalue weighted by atomic mass is 16.7. The van der Waals surface area contributed by atoms with Crippen molar-refractivity contribution in [2.75, 3.05) is 13.2 Å². The molecule has 0 N–H and O–H groups in total. The third-order valence-electron chi connectivity index (χ3n) is 3.46. The number of rotatable bonds is 2. The van der Waals surface area contributed by atoms with Gasteiger partial charge in [-0.3, -0.25) is 10.1 Å². The van der Waals surface area contributed by atoms with E-state index in [0.717, 1.165) is 12.0 Å². The van der Waals surface area contributed by atoms with Gasteiger partial charge in [-0.15, -0.1) is 0 Å². The summed E-state index contributed by atoms with van der Waals surface area (Å²) in [5.74, 6) is 0.482. The number of benzene rings is 1. The average Bonchev–Trinajstić information content (AvgIpc) is 2.90. The summed E-state index contributed by atoms with van der Waals surface area (Å²) in [5.41, 5.74) is 0.971. The first-order valence-electron chi connectivity index (χ1n) is 5.65. The van der Waals surface area contributed by atoms with Crippen molar-refractivity contribution in [2.24, 2.45) is 5.92 Å². The van der Waals surface area contributed by atoms with Crippen molar-refractivity contribution in [3.63, 3.8) is 0 Å². The van der Waals surface area contributed by atoms with Gasteiger partial charge < -0.3 is 9.47 Å². The molecule has 2 heterocycles. The Labute approximate surface area is 98.5 Å². The van der Waals surface area contributed by atoms with Crippen LogP contribution in [0.4, 0.5) is 5.69 Å². The van der Waals surface area contributed by atoms with Crippen molar-refractivity contribution in [1.82, 2.24) is 0 Å². The van der Waals surface area contributed by atoms with Crippen molar-refractivity contribution in [3.05, 3.63) is 39.9 Å². The fourth-order valence-corrected chi connectivity index (χ4v) is 2.59. The van der Waals surface area contributed by atoms with Crippen LogP contribution in [-0.4, -0.2) is 24.4 Å².